The predicted octanol–water partition coefficient (Wildman–Crippen LogP) is 0.445. The molecular formula is C18H20ClN6O+. The smallest absolute Gasteiger partial charge is 0.360 e. The van der Waals surface area contributed by atoms with Crippen LogP contribution in [0.4, 0.5) is 5.69 Å². The molecule has 1 N–H and O–H groups in total. The molecule has 7 nitrogen and oxygen atoms in total. The molecule has 134 valence electrons. The first-order valence-electron chi connectivity index (χ1n) is 8.63. The van der Waals surface area contributed by atoms with E-state index in [4.69, 9.17) is 11.6 Å². The maximum absolute atomic E-state index is 12.6. The van der Waals surface area contributed by atoms with E-state index in [1.54, 1.807) is 12.1 Å². The van der Waals surface area contributed by atoms with Crippen LogP contribution in [0.3, 0.4) is 0 Å². The van der Waals surface area contributed by atoms with Gasteiger partial charge in [0.15, 0.2) is 6.67 Å². The van der Waals surface area contributed by atoms with Crippen molar-refractivity contribution >= 4 is 17.3 Å². The fourth-order valence-corrected chi connectivity index (χ4v) is 3.45. The van der Waals surface area contributed by atoms with Crippen LogP contribution in [0.1, 0.15) is 0 Å². The summed E-state index contributed by atoms with van der Waals surface area (Å²) in [6.07, 6.45) is 0. The molecule has 1 saturated heterocycles. The fraction of sp³-hybridized carbons (Fsp3) is 0.278. The minimum Gasteiger partial charge on any atom is -0.360 e. The maximum Gasteiger partial charge on any atom is 0.373 e. The Balaban J connectivity index is 1.43. The summed E-state index contributed by atoms with van der Waals surface area (Å²) in [7, 11) is 0. The first-order chi connectivity index (χ1) is 12.7. The van der Waals surface area contributed by atoms with Gasteiger partial charge in [-0.05, 0) is 34.7 Å². The topological polar surface area (TPSA) is 60.4 Å². The zero-order chi connectivity index (χ0) is 17.9. The molecule has 4 rings (SSSR count). The highest BCUT2D eigenvalue weighted by Gasteiger charge is 2.22. The second-order valence-corrected chi connectivity index (χ2v) is 6.76. The molecule has 1 aliphatic heterocycles. The van der Waals surface area contributed by atoms with E-state index >= 15 is 0 Å². The van der Waals surface area contributed by atoms with Gasteiger partial charge in [0.1, 0.15) is 0 Å². The van der Waals surface area contributed by atoms with Crippen LogP contribution in [0, 0.1) is 0 Å². The number of piperazine rings is 1. The molecule has 0 saturated carbocycles. The van der Waals surface area contributed by atoms with Gasteiger partial charge in [-0.1, -0.05) is 41.9 Å². The standard InChI is InChI=1S/C18H19ClN6O/c19-16-8-4-5-9-17(16)25-18(26)24(20-21-25)14-22-10-12-23(13-11-22)15-6-2-1-3-7-15/h1-9H,10-14H2/p+1. The van der Waals surface area contributed by atoms with Gasteiger partial charge in [0, 0.05) is 5.69 Å². The molecule has 3 aromatic rings. The first-order valence-corrected chi connectivity index (χ1v) is 9.01. The van der Waals surface area contributed by atoms with Gasteiger partial charge in [-0.2, -0.15) is 4.68 Å². The lowest BCUT2D eigenvalue weighted by atomic mass is 10.2. The number of hydrogen-bond donors (Lipinski definition) is 1. The van der Waals surface area contributed by atoms with Crippen molar-refractivity contribution in [2.75, 3.05) is 31.1 Å². The Bertz CT molecular complexity index is 930. The lowest BCUT2D eigenvalue weighted by Crippen LogP contribution is -3.14. The highest BCUT2D eigenvalue weighted by Crippen LogP contribution is 2.16. The molecule has 0 spiro atoms. The molecule has 0 amide bonds. The van der Waals surface area contributed by atoms with Gasteiger partial charge >= 0.3 is 5.69 Å². The van der Waals surface area contributed by atoms with E-state index < -0.39 is 0 Å². The lowest BCUT2D eigenvalue weighted by molar-refractivity contribution is -0.924. The number of quaternary nitrogens is 1. The van der Waals surface area contributed by atoms with E-state index in [1.165, 1.54) is 20.0 Å². The normalized spacial score (nSPS) is 15.3. The average Bonchev–Trinajstić information content (AvgIpc) is 3.04. The number of benzene rings is 2. The van der Waals surface area contributed by atoms with E-state index in [0.717, 1.165) is 26.2 Å². The minimum absolute atomic E-state index is 0.268. The second kappa shape index (κ2) is 7.31. The quantitative estimate of drug-likeness (QED) is 0.723. The van der Waals surface area contributed by atoms with E-state index in [0.29, 0.717) is 17.4 Å². The number of para-hydroxylation sites is 2. The number of tetrazole rings is 1. The Morgan fingerprint density at radius 2 is 1.65 bits per heavy atom. The second-order valence-electron chi connectivity index (χ2n) is 6.35. The molecule has 2 heterocycles. The Morgan fingerprint density at radius 3 is 2.38 bits per heavy atom. The van der Waals surface area contributed by atoms with Crippen LogP contribution in [-0.4, -0.2) is 46.0 Å². The predicted molar refractivity (Wildman–Crippen MR) is 100.0 cm³/mol. The van der Waals surface area contributed by atoms with E-state index in [2.05, 4.69) is 39.6 Å². The molecule has 1 aromatic heterocycles. The Morgan fingerprint density at radius 1 is 0.962 bits per heavy atom. The summed E-state index contributed by atoms with van der Waals surface area (Å²) in [6, 6.07) is 17.5. The van der Waals surface area contributed by atoms with E-state index in [-0.39, 0.29) is 5.69 Å². The molecule has 0 aliphatic carbocycles. The number of halogens is 1. The molecule has 0 radical (unpaired) electrons. The highest BCUT2D eigenvalue weighted by molar-refractivity contribution is 6.32. The Kier molecular flexibility index (Phi) is 4.73. The summed E-state index contributed by atoms with van der Waals surface area (Å²) in [5.74, 6) is 0. The third-order valence-electron chi connectivity index (χ3n) is 4.69. The number of anilines is 1. The molecule has 26 heavy (non-hydrogen) atoms. The third kappa shape index (κ3) is 3.36. The average molecular weight is 372 g/mol. The van der Waals surface area contributed by atoms with Crippen molar-refractivity contribution in [3.63, 3.8) is 0 Å². The van der Waals surface area contributed by atoms with Gasteiger partial charge < -0.3 is 9.80 Å². The van der Waals surface area contributed by atoms with Gasteiger partial charge in [0.2, 0.25) is 0 Å². The zero-order valence-corrected chi connectivity index (χ0v) is 15.0. The molecule has 1 fully saturated rings. The molecule has 0 atom stereocenters. The van der Waals surface area contributed by atoms with E-state index in [9.17, 15) is 4.79 Å². The summed E-state index contributed by atoms with van der Waals surface area (Å²) >= 11 is 6.16. The monoisotopic (exact) mass is 371 g/mol. The molecular weight excluding hydrogens is 352 g/mol. The van der Waals surface area contributed by atoms with Gasteiger partial charge in [0.25, 0.3) is 0 Å². The van der Waals surface area contributed by atoms with Crippen LogP contribution in [0.15, 0.2) is 59.4 Å². The van der Waals surface area contributed by atoms with Crippen molar-refractivity contribution in [2.24, 2.45) is 0 Å². The number of nitrogens with one attached hydrogen (secondary N) is 1. The van der Waals surface area contributed by atoms with Crippen molar-refractivity contribution in [1.82, 2.24) is 19.8 Å². The zero-order valence-electron chi connectivity index (χ0n) is 14.3. The van der Waals surface area contributed by atoms with E-state index in [1.807, 2.05) is 18.2 Å². The van der Waals surface area contributed by atoms with Crippen LogP contribution in [0.25, 0.3) is 5.69 Å². The van der Waals surface area contributed by atoms with Gasteiger partial charge in [0.05, 0.1) is 36.9 Å². The third-order valence-corrected chi connectivity index (χ3v) is 5.00. The van der Waals surface area contributed by atoms with Crippen LogP contribution in [0.2, 0.25) is 5.02 Å². The molecule has 0 bridgehead atoms. The van der Waals surface area contributed by atoms with Gasteiger partial charge in [-0.3, -0.25) is 0 Å². The SMILES string of the molecule is O=c1n(C[NH+]2CCN(c3ccccc3)CC2)nnn1-c1ccccc1Cl. The van der Waals surface area contributed by atoms with Crippen LogP contribution in [0.5, 0.6) is 0 Å². The lowest BCUT2D eigenvalue weighted by Gasteiger charge is -2.33. The summed E-state index contributed by atoms with van der Waals surface area (Å²) in [5.41, 5.74) is 1.53. The fourth-order valence-electron chi connectivity index (χ4n) is 3.24. The summed E-state index contributed by atoms with van der Waals surface area (Å²) in [4.78, 5) is 16.3. The molecule has 2 aromatic carbocycles. The summed E-state index contributed by atoms with van der Waals surface area (Å²) in [6.45, 7) is 4.30. The Hall–Kier alpha value is -2.64. The number of rotatable bonds is 4. The highest BCUT2D eigenvalue weighted by atomic mass is 35.5. The van der Waals surface area contributed by atoms with Gasteiger partial charge in [-0.25, -0.2) is 4.79 Å². The summed E-state index contributed by atoms with van der Waals surface area (Å²) in [5, 5.41) is 8.49. The van der Waals surface area contributed by atoms with Crippen LogP contribution >= 0.6 is 11.6 Å². The van der Waals surface area contributed by atoms with Crippen molar-refractivity contribution in [3.8, 4) is 5.69 Å². The van der Waals surface area contributed by atoms with Crippen molar-refractivity contribution < 1.29 is 4.90 Å². The number of nitrogens with zero attached hydrogens (tertiary/aromatic N) is 5. The number of hydrogen-bond acceptors (Lipinski definition) is 4. The maximum atomic E-state index is 12.6. The van der Waals surface area contributed by atoms with Crippen LogP contribution in [-0.2, 0) is 6.67 Å². The first kappa shape index (κ1) is 16.8. The molecule has 1 aliphatic rings. The summed E-state index contributed by atoms with van der Waals surface area (Å²) < 4.78 is 2.67. The van der Waals surface area contributed by atoms with Gasteiger partial charge in [-0.15, -0.1) is 4.68 Å². The van der Waals surface area contributed by atoms with Crippen molar-refractivity contribution in [1.29, 1.82) is 0 Å². The van der Waals surface area contributed by atoms with Crippen molar-refractivity contribution in [2.45, 2.75) is 6.67 Å². The van der Waals surface area contributed by atoms with Crippen molar-refractivity contribution in [3.05, 3.63) is 70.1 Å². The number of aromatic nitrogens is 4. The molecule has 0 unspecified atom stereocenters. The molecule has 8 heteroatoms. The Labute approximate surface area is 156 Å². The minimum atomic E-state index is -0.268. The van der Waals surface area contributed by atoms with Crippen LogP contribution < -0.4 is 15.5 Å². The largest absolute Gasteiger partial charge is 0.373 e.